The Hall–Kier alpha value is -2.19. The number of thiazole rings is 1. The van der Waals surface area contributed by atoms with Crippen LogP contribution in [-0.2, 0) is 4.74 Å². The molecule has 0 unspecified atom stereocenters. The zero-order valence-electron chi connectivity index (χ0n) is 16.0. The lowest BCUT2D eigenvalue weighted by molar-refractivity contribution is 0.0147. The Bertz CT molecular complexity index is 807. The van der Waals surface area contributed by atoms with Gasteiger partial charge in [0.25, 0.3) is 5.91 Å². The Kier molecular flexibility index (Phi) is 5.96. The van der Waals surface area contributed by atoms with E-state index >= 15 is 0 Å². The number of rotatable bonds is 4. The molecule has 1 saturated heterocycles. The van der Waals surface area contributed by atoms with Gasteiger partial charge in [0.15, 0.2) is 0 Å². The number of fused-ring (bicyclic) bond motifs is 1. The zero-order chi connectivity index (χ0) is 19.4. The Balaban J connectivity index is 1.40. The summed E-state index contributed by atoms with van der Waals surface area (Å²) in [6.45, 7) is 9.80. The number of hydrogen-bond acceptors (Lipinski definition) is 6. The summed E-state index contributed by atoms with van der Waals surface area (Å²) in [4.78, 5) is 32.6. The number of nitrogens with zero attached hydrogens (tertiary/aromatic N) is 3. The number of hydrogen-bond donors (Lipinski definition) is 1. The monoisotopic (exact) mass is 390 g/mol. The number of benzene rings is 1. The largest absolute Gasteiger partial charge is 0.444 e. The first-order valence-electron chi connectivity index (χ1n) is 9.13. The third-order valence-electron chi connectivity index (χ3n) is 4.33. The maximum atomic E-state index is 12.3. The minimum Gasteiger partial charge on any atom is -0.444 e. The fraction of sp³-hybridized carbons (Fsp3) is 0.526. The van der Waals surface area contributed by atoms with Crippen LogP contribution in [0.2, 0.25) is 0 Å². The number of ether oxygens (including phenoxy) is 1. The molecule has 0 atom stereocenters. The van der Waals surface area contributed by atoms with Crippen LogP contribution in [0.1, 0.15) is 31.1 Å². The van der Waals surface area contributed by atoms with Gasteiger partial charge in [-0.2, -0.15) is 0 Å². The first-order chi connectivity index (χ1) is 12.8. The first-order valence-corrected chi connectivity index (χ1v) is 10.0. The van der Waals surface area contributed by atoms with Gasteiger partial charge in [0.2, 0.25) is 0 Å². The van der Waals surface area contributed by atoms with Gasteiger partial charge in [-0.05, 0) is 39.0 Å². The SMILES string of the molecule is CC(C)(C)OC(=O)N1CCN(CCNC(=O)c2ccc3ncsc3c2)CC1. The summed E-state index contributed by atoms with van der Waals surface area (Å²) in [7, 11) is 0. The van der Waals surface area contributed by atoms with Crippen molar-refractivity contribution in [3.05, 3.63) is 29.3 Å². The van der Waals surface area contributed by atoms with E-state index in [-0.39, 0.29) is 12.0 Å². The second-order valence-corrected chi connectivity index (χ2v) is 8.49. The van der Waals surface area contributed by atoms with Gasteiger partial charge in [-0.1, -0.05) is 0 Å². The molecule has 1 N–H and O–H groups in total. The van der Waals surface area contributed by atoms with Crippen molar-refractivity contribution in [1.29, 1.82) is 0 Å². The Labute approximate surface area is 163 Å². The molecule has 0 aliphatic carbocycles. The Morgan fingerprint density at radius 2 is 1.96 bits per heavy atom. The Morgan fingerprint density at radius 3 is 2.67 bits per heavy atom. The van der Waals surface area contributed by atoms with Crippen LogP contribution in [0.15, 0.2) is 23.7 Å². The summed E-state index contributed by atoms with van der Waals surface area (Å²) in [5.41, 5.74) is 2.88. The summed E-state index contributed by atoms with van der Waals surface area (Å²) in [5, 5.41) is 2.97. The standard InChI is InChI=1S/C19H26N4O3S/c1-19(2,3)26-18(25)23-10-8-22(9-11-23)7-6-20-17(24)14-4-5-15-16(12-14)27-13-21-15/h4-5,12-13H,6-11H2,1-3H3,(H,20,24). The number of carbonyl (C=O) groups is 2. The van der Waals surface area contributed by atoms with Crippen molar-refractivity contribution >= 4 is 33.6 Å². The highest BCUT2D eigenvalue weighted by atomic mass is 32.1. The van der Waals surface area contributed by atoms with Gasteiger partial charge >= 0.3 is 6.09 Å². The van der Waals surface area contributed by atoms with Crippen LogP contribution < -0.4 is 5.32 Å². The van der Waals surface area contributed by atoms with Crippen LogP contribution in [0.25, 0.3) is 10.2 Å². The molecule has 1 aromatic carbocycles. The van der Waals surface area contributed by atoms with Gasteiger partial charge in [0.05, 0.1) is 15.7 Å². The van der Waals surface area contributed by atoms with Gasteiger partial charge in [0.1, 0.15) is 5.60 Å². The van der Waals surface area contributed by atoms with Gasteiger partial charge in [-0.25, -0.2) is 9.78 Å². The summed E-state index contributed by atoms with van der Waals surface area (Å²) in [6, 6.07) is 5.55. The third-order valence-corrected chi connectivity index (χ3v) is 5.12. The molecule has 0 radical (unpaired) electrons. The molecule has 7 nitrogen and oxygen atoms in total. The minimum atomic E-state index is -0.472. The number of amides is 2. The lowest BCUT2D eigenvalue weighted by Crippen LogP contribution is -2.51. The van der Waals surface area contributed by atoms with E-state index in [0.717, 1.165) is 29.9 Å². The third kappa shape index (κ3) is 5.40. The van der Waals surface area contributed by atoms with Crippen molar-refractivity contribution in [2.45, 2.75) is 26.4 Å². The van der Waals surface area contributed by atoms with E-state index in [4.69, 9.17) is 4.74 Å². The number of carbonyl (C=O) groups excluding carboxylic acids is 2. The molecule has 2 heterocycles. The maximum Gasteiger partial charge on any atom is 0.410 e. The lowest BCUT2D eigenvalue weighted by atomic mass is 10.2. The highest BCUT2D eigenvalue weighted by Gasteiger charge is 2.25. The highest BCUT2D eigenvalue weighted by molar-refractivity contribution is 7.16. The van der Waals surface area contributed by atoms with Gasteiger partial charge in [-0.3, -0.25) is 9.69 Å². The lowest BCUT2D eigenvalue weighted by Gasteiger charge is -2.35. The van der Waals surface area contributed by atoms with Crippen LogP contribution >= 0.6 is 11.3 Å². The molecule has 2 amide bonds. The van der Waals surface area contributed by atoms with Crippen molar-refractivity contribution in [2.24, 2.45) is 0 Å². The van der Waals surface area contributed by atoms with Crippen LogP contribution in [0, 0.1) is 0 Å². The molecular formula is C19H26N4O3S. The fourth-order valence-corrected chi connectivity index (χ4v) is 3.62. The molecule has 2 aromatic rings. The van der Waals surface area contributed by atoms with E-state index in [9.17, 15) is 9.59 Å². The summed E-state index contributed by atoms with van der Waals surface area (Å²) >= 11 is 1.53. The fourth-order valence-electron chi connectivity index (χ4n) is 2.91. The predicted molar refractivity (Wildman–Crippen MR) is 106 cm³/mol. The van der Waals surface area contributed by atoms with E-state index < -0.39 is 5.60 Å². The van der Waals surface area contributed by atoms with E-state index in [1.165, 1.54) is 11.3 Å². The van der Waals surface area contributed by atoms with Crippen molar-refractivity contribution in [3.8, 4) is 0 Å². The van der Waals surface area contributed by atoms with E-state index in [1.807, 2.05) is 32.9 Å². The molecule has 0 spiro atoms. The second-order valence-electron chi connectivity index (χ2n) is 7.60. The molecule has 0 saturated carbocycles. The molecule has 0 bridgehead atoms. The zero-order valence-corrected chi connectivity index (χ0v) is 16.8. The number of aromatic nitrogens is 1. The number of nitrogens with one attached hydrogen (secondary N) is 1. The molecule has 8 heteroatoms. The molecule has 1 aliphatic rings. The summed E-state index contributed by atoms with van der Waals surface area (Å²) in [6.07, 6.45) is -0.256. The van der Waals surface area contributed by atoms with Crippen molar-refractivity contribution < 1.29 is 14.3 Å². The molecule has 27 heavy (non-hydrogen) atoms. The molecule has 146 valence electrons. The van der Waals surface area contributed by atoms with E-state index in [0.29, 0.717) is 25.2 Å². The molecular weight excluding hydrogens is 364 g/mol. The maximum absolute atomic E-state index is 12.3. The second kappa shape index (κ2) is 8.22. The Morgan fingerprint density at radius 1 is 1.22 bits per heavy atom. The van der Waals surface area contributed by atoms with Crippen molar-refractivity contribution in [3.63, 3.8) is 0 Å². The minimum absolute atomic E-state index is 0.0716. The van der Waals surface area contributed by atoms with Crippen LogP contribution in [0.3, 0.4) is 0 Å². The highest BCUT2D eigenvalue weighted by Crippen LogP contribution is 2.19. The summed E-state index contributed by atoms with van der Waals surface area (Å²) < 4.78 is 6.42. The van der Waals surface area contributed by atoms with Gasteiger partial charge in [-0.15, -0.1) is 11.3 Å². The summed E-state index contributed by atoms with van der Waals surface area (Å²) in [5.74, 6) is -0.0716. The van der Waals surface area contributed by atoms with Crippen molar-refractivity contribution in [2.75, 3.05) is 39.3 Å². The molecule has 1 aliphatic heterocycles. The van der Waals surface area contributed by atoms with Crippen LogP contribution in [0.4, 0.5) is 4.79 Å². The topological polar surface area (TPSA) is 74.8 Å². The first kappa shape index (κ1) is 19.6. The van der Waals surface area contributed by atoms with Crippen LogP contribution in [-0.4, -0.2) is 71.7 Å². The smallest absolute Gasteiger partial charge is 0.410 e. The average molecular weight is 391 g/mol. The number of piperazine rings is 1. The molecule has 1 aromatic heterocycles. The van der Waals surface area contributed by atoms with Gasteiger partial charge in [0, 0.05) is 44.8 Å². The quantitative estimate of drug-likeness (QED) is 0.869. The van der Waals surface area contributed by atoms with Crippen molar-refractivity contribution in [1.82, 2.24) is 20.1 Å². The van der Waals surface area contributed by atoms with Crippen LogP contribution in [0.5, 0.6) is 0 Å². The van der Waals surface area contributed by atoms with E-state index in [2.05, 4.69) is 15.2 Å². The van der Waals surface area contributed by atoms with E-state index in [1.54, 1.807) is 16.5 Å². The van der Waals surface area contributed by atoms with Gasteiger partial charge < -0.3 is 15.0 Å². The predicted octanol–water partition coefficient (Wildman–Crippen LogP) is 2.58. The normalized spacial score (nSPS) is 15.7. The molecule has 1 fully saturated rings. The molecule has 3 rings (SSSR count). The average Bonchev–Trinajstić information content (AvgIpc) is 3.08.